The Morgan fingerprint density at radius 1 is 1.25 bits per heavy atom. The molecule has 176 valence electrons. The molecule has 0 aliphatic carbocycles. The number of hydrogen-bond donors (Lipinski definition) is 5. The number of carbonyl (C=O) groups is 3. The van der Waals surface area contributed by atoms with Crippen LogP contribution in [0.1, 0.15) is 20.3 Å². The second-order valence-corrected chi connectivity index (χ2v) is 10.2. The van der Waals surface area contributed by atoms with Crippen LogP contribution < -0.4 is 11.1 Å². The summed E-state index contributed by atoms with van der Waals surface area (Å²) in [7, 11) is 0. The molecule has 3 fully saturated rings. The van der Waals surface area contributed by atoms with Gasteiger partial charge in [-0.2, -0.15) is 0 Å². The third-order valence-corrected chi connectivity index (χ3v) is 8.44. The summed E-state index contributed by atoms with van der Waals surface area (Å²) in [5, 5.41) is 30.5. The number of carbonyl (C=O) groups excluding carboxylic acids is 2. The third kappa shape index (κ3) is 3.73. The molecule has 12 heteroatoms. The summed E-state index contributed by atoms with van der Waals surface area (Å²) in [5.74, 6) is -2.22. The molecule has 0 aromatic carbocycles. The van der Waals surface area contributed by atoms with Gasteiger partial charge in [0.05, 0.1) is 24.1 Å². The number of rotatable bonds is 5. The van der Waals surface area contributed by atoms with Crippen molar-refractivity contribution >= 4 is 35.5 Å². The van der Waals surface area contributed by atoms with E-state index in [0.717, 1.165) is 0 Å². The van der Waals surface area contributed by atoms with Crippen molar-refractivity contribution in [2.24, 2.45) is 17.6 Å². The maximum atomic E-state index is 12.9. The number of carboxylic acid groups (broad SMARTS) is 1. The first-order chi connectivity index (χ1) is 15.1. The molecular formula is C20H30N6O5S. The lowest BCUT2D eigenvalue weighted by Crippen LogP contribution is -2.63. The zero-order valence-corrected chi connectivity index (χ0v) is 19.0. The molecule has 4 rings (SSSR count). The topological polar surface area (TPSA) is 163 Å². The number of carboxylic acids is 1. The van der Waals surface area contributed by atoms with Crippen molar-refractivity contribution < 1.29 is 24.6 Å². The Hall–Kier alpha value is -2.31. The van der Waals surface area contributed by atoms with Gasteiger partial charge in [0.1, 0.15) is 5.70 Å². The molecule has 11 nitrogen and oxygen atoms in total. The second-order valence-electron chi connectivity index (χ2n) is 8.91. The van der Waals surface area contributed by atoms with Gasteiger partial charge in [-0.1, -0.05) is 6.92 Å². The summed E-state index contributed by atoms with van der Waals surface area (Å²) in [5.41, 5.74) is 5.53. The van der Waals surface area contributed by atoms with Gasteiger partial charge >= 0.3 is 5.97 Å². The van der Waals surface area contributed by atoms with E-state index < -0.39 is 18.0 Å². The smallest absolute Gasteiger partial charge is 0.353 e. The van der Waals surface area contributed by atoms with Gasteiger partial charge in [0, 0.05) is 48.8 Å². The second kappa shape index (κ2) is 8.56. The van der Waals surface area contributed by atoms with Crippen LogP contribution in [0, 0.1) is 17.2 Å². The molecule has 4 aliphatic rings. The molecule has 3 saturated heterocycles. The minimum Gasteiger partial charge on any atom is -0.477 e. The quantitative estimate of drug-likeness (QED) is 0.187. The molecule has 6 atom stereocenters. The van der Waals surface area contributed by atoms with Crippen molar-refractivity contribution in [1.82, 2.24) is 20.0 Å². The molecule has 0 aromatic rings. The molecule has 0 bridgehead atoms. The SMILES string of the molecule is CC(O)C1C(=O)N2C(C(=O)O)=C(SC3CNC(C(=O)N4CCN(C(=N)N)CC4)C3)C(C)[C@@H]12. The monoisotopic (exact) mass is 466 g/mol. The number of nitrogens with zero attached hydrogens (tertiary/aromatic N) is 3. The van der Waals surface area contributed by atoms with Crippen LogP contribution in [0.15, 0.2) is 10.6 Å². The highest BCUT2D eigenvalue weighted by Gasteiger charge is 2.60. The number of nitrogens with two attached hydrogens (primary N) is 1. The van der Waals surface area contributed by atoms with Gasteiger partial charge in [0.25, 0.3) is 0 Å². The van der Waals surface area contributed by atoms with E-state index in [1.807, 2.05) is 6.92 Å². The number of hydrogen-bond acceptors (Lipinski definition) is 7. The van der Waals surface area contributed by atoms with Crippen LogP contribution in [0.2, 0.25) is 0 Å². The zero-order valence-electron chi connectivity index (χ0n) is 18.2. The summed E-state index contributed by atoms with van der Waals surface area (Å²) in [6.45, 7) is 6.12. The molecule has 0 saturated carbocycles. The minimum atomic E-state index is -1.14. The van der Waals surface area contributed by atoms with Crippen molar-refractivity contribution in [2.75, 3.05) is 32.7 Å². The molecule has 2 amide bonds. The van der Waals surface area contributed by atoms with Crippen LogP contribution in [0.25, 0.3) is 0 Å². The Balaban J connectivity index is 1.40. The lowest BCUT2D eigenvalue weighted by molar-refractivity contribution is -0.163. The molecule has 0 aromatic heterocycles. The average Bonchev–Trinajstić information content (AvgIpc) is 3.29. The number of amides is 2. The average molecular weight is 467 g/mol. The fourth-order valence-corrected chi connectivity index (χ4v) is 6.71. The maximum absolute atomic E-state index is 12.9. The minimum absolute atomic E-state index is 0.00746. The van der Waals surface area contributed by atoms with Gasteiger partial charge in [-0.15, -0.1) is 11.8 Å². The number of aliphatic hydroxyl groups excluding tert-OH is 1. The number of nitrogens with one attached hydrogen (secondary N) is 2. The Kier molecular flexibility index (Phi) is 6.12. The summed E-state index contributed by atoms with van der Waals surface area (Å²) in [6, 6.07) is -0.675. The van der Waals surface area contributed by atoms with E-state index in [9.17, 15) is 24.6 Å². The fourth-order valence-electron chi connectivity index (χ4n) is 5.23. The van der Waals surface area contributed by atoms with Gasteiger partial charge in [0.2, 0.25) is 11.8 Å². The molecule has 4 heterocycles. The molecule has 0 radical (unpaired) electrons. The van der Waals surface area contributed by atoms with E-state index in [2.05, 4.69) is 5.32 Å². The normalized spacial score (nSPS) is 33.3. The number of aliphatic hydroxyl groups is 1. The molecular weight excluding hydrogens is 436 g/mol. The van der Waals surface area contributed by atoms with E-state index in [1.54, 1.807) is 16.7 Å². The predicted molar refractivity (Wildman–Crippen MR) is 117 cm³/mol. The lowest BCUT2D eigenvalue weighted by atomic mass is 9.79. The Morgan fingerprint density at radius 3 is 2.44 bits per heavy atom. The Bertz CT molecular complexity index is 871. The highest BCUT2D eigenvalue weighted by atomic mass is 32.2. The van der Waals surface area contributed by atoms with Crippen molar-refractivity contribution in [2.45, 2.75) is 43.7 Å². The summed E-state index contributed by atoms with van der Waals surface area (Å²) in [6.07, 6.45) is -0.262. The Labute approximate surface area is 190 Å². The largest absolute Gasteiger partial charge is 0.477 e. The van der Waals surface area contributed by atoms with Crippen LogP contribution in [0.5, 0.6) is 0 Å². The predicted octanol–water partition coefficient (Wildman–Crippen LogP) is -1.36. The number of aliphatic carboxylic acids is 1. The number of guanidine groups is 1. The fraction of sp³-hybridized carbons (Fsp3) is 0.700. The standard InChI is InChI=1S/C20H30N6O5S/c1-9-14-13(10(2)27)18(29)26(14)15(19(30)31)16(9)32-11-7-12(23-8-11)17(28)24-3-5-25(6-4-24)20(21)22/h9-14,23,27H,3-8H2,1-2H3,(H3,21,22)(H,30,31)/t9?,10?,11?,12?,13?,14-/m0/s1. The zero-order chi connectivity index (χ0) is 23.3. The first-order valence-corrected chi connectivity index (χ1v) is 11.8. The highest BCUT2D eigenvalue weighted by molar-refractivity contribution is 8.03. The van der Waals surface area contributed by atoms with Gasteiger partial charge in [0.15, 0.2) is 5.96 Å². The van der Waals surface area contributed by atoms with Gasteiger partial charge < -0.3 is 36.0 Å². The van der Waals surface area contributed by atoms with Crippen LogP contribution in [-0.4, -0.2) is 105 Å². The number of β-lactam (4-membered cyclic amide) rings is 1. The number of fused-ring (bicyclic) bond motifs is 1. The van der Waals surface area contributed by atoms with Crippen LogP contribution in [0.4, 0.5) is 0 Å². The lowest BCUT2D eigenvalue weighted by Gasteiger charge is -2.46. The van der Waals surface area contributed by atoms with E-state index in [-0.39, 0.29) is 46.7 Å². The van der Waals surface area contributed by atoms with E-state index in [1.165, 1.54) is 16.7 Å². The molecule has 6 N–H and O–H groups in total. The third-order valence-electron chi connectivity index (χ3n) is 6.93. The maximum Gasteiger partial charge on any atom is 0.353 e. The summed E-state index contributed by atoms with van der Waals surface area (Å²) >= 11 is 1.43. The molecule has 5 unspecified atom stereocenters. The highest BCUT2D eigenvalue weighted by Crippen LogP contribution is 2.51. The first-order valence-electron chi connectivity index (χ1n) is 10.9. The van der Waals surface area contributed by atoms with Gasteiger partial charge in [-0.25, -0.2) is 4.79 Å². The van der Waals surface area contributed by atoms with Gasteiger partial charge in [-0.3, -0.25) is 15.0 Å². The summed E-state index contributed by atoms with van der Waals surface area (Å²) < 4.78 is 0. The van der Waals surface area contributed by atoms with Crippen molar-refractivity contribution in [1.29, 1.82) is 5.41 Å². The van der Waals surface area contributed by atoms with Crippen LogP contribution >= 0.6 is 11.8 Å². The van der Waals surface area contributed by atoms with E-state index in [0.29, 0.717) is 44.0 Å². The molecule has 32 heavy (non-hydrogen) atoms. The molecule has 4 aliphatic heterocycles. The Morgan fingerprint density at radius 2 is 1.88 bits per heavy atom. The summed E-state index contributed by atoms with van der Waals surface area (Å²) in [4.78, 5) is 42.9. The van der Waals surface area contributed by atoms with Crippen LogP contribution in [-0.2, 0) is 14.4 Å². The molecule has 0 spiro atoms. The van der Waals surface area contributed by atoms with Gasteiger partial charge in [-0.05, 0) is 13.3 Å². The van der Waals surface area contributed by atoms with Crippen molar-refractivity contribution in [3.05, 3.63) is 10.6 Å². The van der Waals surface area contributed by atoms with Crippen molar-refractivity contribution in [3.8, 4) is 0 Å². The number of thioether (sulfide) groups is 1. The van der Waals surface area contributed by atoms with Crippen LogP contribution in [0.3, 0.4) is 0 Å². The van der Waals surface area contributed by atoms with E-state index in [4.69, 9.17) is 11.1 Å². The first kappa shape index (κ1) is 22.9. The van der Waals surface area contributed by atoms with Crippen molar-refractivity contribution in [3.63, 3.8) is 0 Å². The number of piperazine rings is 1. The van der Waals surface area contributed by atoms with E-state index >= 15 is 0 Å².